The zero-order chi connectivity index (χ0) is 16.3. The summed E-state index contributed by atoms with van der Waals surface area (Å²) in [5, 5.41) is -0.962. The van der Waals surface area contributed by atoms with Crippen molar-refractivity contribution in [1.82, 2.24) is 9.55 Å². The van der Waals surface area contributed by atoms with Gasteiger partial charge >= 0.3 is 5.12 Å². The molecule has 0 amide bonds. The Labute approximate surface area is 127 Å². The first-order valence-electron chi connectivity index (χ1n) is 6.93. The van der Waals surface area contributed by atoms with Crippen molar-refractivity contribution in [2.45, 2.75) is 45.8 Å². The molecule has 0 saturated carbocycles. The Kier molecular flexibility index (Phi) is 5.89. The highest BCUT2D eigenvalue weighted by Crippen LogP contribution is 2.11. The molecular formula is C13H24N2O4SSi. The fraction of sp³-hybridized carbons (Fsp3) is 0.692. The minimum absolute atomic E-state index is 0.0673. The lowest BCUT2D eigenvalue weighted by molar-refractivity contribution is 0.0822. The molecule has 0 unspecified atom stereocenters. The van der Waals surface area contributed by atoms with Crippen LogP contribution in [0.2, 0.25) is 25.7 Å². The number of aromatic nitrogens is 2. The maximum Gasteiger partial charge on any atom is 0.311 e. The standard InChI is InChI=1S/C13H24N2O4SSi/c1-6-11-9-15(10-19-7-8-21(3,4)5)12(14-11)13(16)20(2,17)18/h9H,6-8,10H2,1-5H3. The third-order valence-electron chi connectivity index (χ3n) is 2.93. The smallest absolute Gasteiger partial charge is 0.311 e. The van der Waals surface area contributed by atoms with Crippen molar-refractivity contribution in [3.63, 3.8) is 0 Å². The van der Waals surface area contributed by atoms with Gasteiger partial charge in [-0.05, 0) is 12.5 Å². The van der Waals surface area contributed by atoms with Gasteiger partial charge in [-0.2, -0.15) is 0 Å². The van der Waals surface area contributed by atoms with Crippen LogP contribution in [0, 0.1) is 0 Å². The predicted molar refractivity (Wildman–Crippen MR) is 84.9 cm³/mol. The molecule has 0 radical (unpaired) electrons. The molecule has 6 nitrogen and oxygen atoms in total. The van der Waals surface area contributed by atoms with E-state index in [0.29, 0.717) is 18.7 Å². The quantitative estimate of drug-likeness (QED) is 0.563. The Bertz CT molecular complexity index is 602. The van der Waals surface area contributed by atoms with Gasteiger partial charge in [0.15, 0.2) is 5.82 Å². The fourth-order valence-electron chi connectivity index (χ4n) is 1.61. The molecule has 0 aliphatic rings. The van der Waals surface area contributed by atoms with Crippen LogP contribution in [0.15, 0.2) is 6.20 Å². The third kappa shape index (κ3) is 5.72. The van der Waals surface area contributed by atoms with Crippen molar-refractivity contribution in [3.8, 4) is 0 Å². The van der Waals surface area contributed by atoms with Gasteiger partial charge in [0.2, 0.25) is 9.84 Å². The first kappa shape index (κ1) is 18.1. The summed E-state index contributed by atoms with van der Waals surface area (Å²) < 4.78 is 29.9. The molecule has 1 rings (SSSR count). The number of sulfone groups is 1. The number of aryl methyl sites for hydroxylation is 1. The summed E-state index contributed by atoms with van der Waals surface area (Å²) in [6.45, 7) is 9.40. The molecule has 1 aromatic rings. The Hall–Kier alpha value is -0.993. The Balaban J connectivity index is 2.82. The Morgan fingerprint density at radius 2 is 2.00 bits per heavy atom. The SMILES string of the molecule is CCc1cn(COCC[Si](C)(C)C)c(C(=O)S(C)(=O)=O)n1. The molecular weight excluding hydrogens is 308 g/mol. The molecule has 21 heavy (non-hydrogen) atoms. The first-order chi connectivity index (χ1) is 9.54. The van der Waals surface area contributed by atoms with Crippen LogP contribution in [0.5, 0.6) is 0 Å². The van der Waals surface area contributed by atoms with Gasteiger partial charge in [-0.1, -0.05) is 26.6 Å². The van der Waals surface area contributed by atoms with Gasteiger partial charge in [0.1, 0.15) is 6.73 Å². The summed E-state index contributed by atoms with van der Waals surface area (Å²) in [4.78, 5) is 16.0. The highest BCUT2D eigenvalue weighted by Gasteiger charge is 2.24. The zero-order valence-electron chi connectivity index (χ0n) is 13.3. The van der Waals surface area contributed by atoms with Gasteiger partial charge < -0.3 is 9.30 Å². The van der Waals surface area contributed by atoms with E-state index in [1.54, 1.807) is 6.20 Å². The molecule has 0 atom stereocenters. The molecule has 0 saturated heterocycles. The van der Waals surface area contributed by atoms with Crippen LogP contribution in [0.1, 0.15) is 23.2 Å². The van der Waals surface area contributed by atoms with Gasteiger partial charge in [-0.3, -0.25) is 4.79 Å². The summed E-state index contributed by atoms with van der Waals surface area (Å²) in [5.74, 6) is -0.0673. The van der Waals surface area contributed by atoms with Crippen LogP contribution in [0.25, 0.3) is 0 Å². The number of imidazole rings is 1. The third-order valence-corrected chi connectivity index (χ3v) is 5.50. The zero-order valence-corrected chi connectivity index (χ0v) is 15.2. The van der Waals surface area contributed by atoms with Crippen LogP contribution in [-0.2, 0) is 27.7 Å². The number of nitrogens with zero attached hydrogens (tertiary/aromatic N) is 2. The van der Waals surface area contributed by atoms with Crippen molar-refractivity contribution in [2.75, 3.05) is 12.9 Å². The predicted octanol–water partition coefficient (Wildman–Crippen LogP) is 1.94. The van der Waals surface area contributed by atoms with Crippen molar-refractivity contribution in [3.05, 3.63) is 17.7 Å². The minimum atomic E-state index is -3.80. The van der Waals surface area contributed by atoms with Gasteiger partial charge in [0, 0.05) is 27.1 Å². The normalized spacial score (nSPS) is 12.6. The average Bonchev–Trinajstić information content (AvgIpc) is 2.74. The van der Waals surface area contributed by atoms with Gasteiger partial charge in [0.25, 0.3) is 0 Å². The molecule has 0 aliphatic heterocycles. The van der Waals surface area contributed by atoms with Crippen LogP contribution >= 0.6 is 0 Å². The highest BCUT2D eigenvalue weighted by atomic mass is 32.2. The maximum atomic E-state index is 11.9. The second-order valence-electron chi connectivity index (χ2n) is 6.29. The summed E-state index contributed by atoms with van der Waals surface area (Å²) in [6.07, 6.45) is 3.20. The number of carbonyl (C=O) groups excluding carboxylic acids is 1. The van der Waals surface area contributed by atoms with E-state index in [9.17, 15) is 13.2 Å². The second kappa shape index (κ2) is 6.84. The molecule has 8 heteroatoms. The van der Waals surface area contributed by atoms with Crippen LogP contribution in [-0.4, -0.2) is 44.0 Å². The van der Waals surface area contributed by atoms with E-state index < -0.39 is 23.0 Å². The highest BCUT2D eigenvalue weighted by molar-refractivity contribution is 8.06. The van der Waals surface area contributed by atoms with E-state index in [-0.39, 0.29) is 12.6 Å². The number of hydrogen-bond donors (Lipinski definition) is 0. The minimum Gasteiger partial charge on any atom is -0.361 e. The van der Waals surface area contributed by atoms with Crippen LogP contribution in [0.4, 0.5) is 0 Å². The lowest BCUT2D eigenvalue weighted by Crippen LogP contribution is -2.23. The van der Waals surface area contributed by atoms with Crippen molar-refractivity contribution < 1.29 is 17.9 Å². The summed E-state index contributed by atoms with van der Waals surface area (Å²) in [6, 6.07) is 1.01. The fourth-order valence-corrected chi connectivity index (χ4v) is 2.86. The summed E-state index contributed by atoms with van der Waals surface area (Å²) in [5.41, 5.74) is 0.677. The molecule has 0 aliphatic carbocycles. The lowest BCUT2D eigenvalue weighted by Gasteiger charge is -2.15. The number of ether oxygens (including phenoxy) is 1. The van der Waals surface area contributed by atoms with E-state index >= 15 is 0 Å². The van der Waals surface area contributed by atoms with Crippen LogP contribution in [0.3, 0.4) is 0 Å². The molecule has 120 valence electrons. The molecule has 0 bridgehead atoms. The van der Waals surface area contributed by atoms with Gasteiger partial charge in [0.05, 0.1) is 5.69 Å². The molecule has 1 heterocycles. The van der Waals surface area contributed by atoms with Gasteiger partial charge in [-0.15, -0.1) is 0 Å². The van der Waals surface area contributed by atoms with Gasteiger partial charge in [-0.25, -0.2) is 13.4 Å². The molecule has 0 N–H and O–H groups in total. The van der Waals surface area contributed by atoms with Crippen molar-refractivity contribution in [2.24, 2.45) is 0 Å². The summed E-state index contributed by atoms with van der Waals surface area (Å²) in [7, 11) is -4.97. The van der Waals surface area contributed by atoms with E-state index in [4.69, 9.17) is 4.74 Å². The Morgan fingerprint density at radius 3 is 2.48 bits per heavy atom. The monoisotopic (exact) mass is 332 g/mol. The van der Waals surface area contributed by atoms with E-state index in [0.717, 1.165) is 12.3 Å². The van der Waals surface area contributed by atoms with Crippen molar-refractivity contribution >= 4 is 23.0 Å². The average molecular weight is 332 g/mol. The topological polar surface area (TPSA) is 78.3 Å². The molecule has 0 spiro atoms. The van der Waals surface area contributed by atoms with E-state index in [2.05, 4.69) is 24.6 Å². The largest absolute Gasteiger partial charge is 0.361 e. The molecule has 0 fully saturated rings. The summed E-state index contributed by atoms with van der Waals surface area (Å²) >= 11 is 0. The molecule has 1 aromatic heterocycles. The van der Waals surface area contributed by atoms with E-state index in [1.165, 1.54) is 4.57 Å². The lowest BCUT2D eigenvalue weighted by atomic mass is 10.4. The maximum absolute atomic E-state index is 11.9. The molecule has 0 aromatic carbocycles. The van der Waals surface area contributed by atoms with Crippen LogP contribution < -0.4 is 0 Å². The number of hydrogen-bond acceptors (Lipinski definition) is 5. The Morgan fingerprint density at radius 1 is 1.38 bits per heavy atom. The van der Waals surface area contributed by atoms with Crippen molar-refractivity contribution in [1.29, 1.82) is 0 Å². The number of carbonyl (C=O) groups is 1. The number of rotatable bonds is 7. The first-order valence-corrected chi connectivity index (χ1v) is 12.5. The second-order valence-corrected chi connectivity index (χ2v) is 13.8. The van der Waals surface area contributed by atoms with E-state index in [1.807, 2.05) is 6.92 Å².